The van der Waals surface area contributed by atoms with Crippen molar-refractivity contribution in [1.29, 1.82) is 5.26 Å². The molecule has 1 heterocycles. The number of pyridine rings is 1. The third-order valence-electron chi connectivity index (χ3n) is 3.66. The van der Waals surface area contributed by atoms with E-state index in [0.29, 0.717) is 24.3 Å². The van der Waals surface area contributed by atoms with E-state index in [1.165, 1.54) is 10.5 Å². The summed E-state index contributed by atoms with van der Waals surface area (Å²) in [5, 5.41) is 13.2. The molecule has 0 aliphatic heterocycles. The molecule has 2 rings (SSSR count). The Balaban J connectivity index is 2.21. The highest BCUT2D eigenvalue weighted by Crippen LogP contribution is 2.25. The second-order valence-corrected chi connectivity index (χ2v) is 7.09. The minimum Gasteiger partial charge on any atom is -0.382 e. The molecule has 0 fully saturated rings. The molecule has 0 saturated heterocycles. The zero-order chi connectivity index (χ0) is 16.9. The molecule has 23 heavy (non-hydrogen) atoms. The molecule has 0 aliphatic rings. The van der Waals surface area contributed by atoms with Gasteiger partial charge in [0.15, 0.2) is 0 Å². The first kappa shape index (κ1) is 17.2. The highest BCUT2D eigenvalue weighted by molar-refractivity contribution is 7.89. The van der Waals surface area contributed by atoms with Gasteiger partial charge in [-0.15, -0.1) is 0 Å². The summed E-state index contributed by atoms with van der Waals surface area (Å²) in [4.78, 5) is 4.24. The molecular formula is C16H20N4O2S. The summed E-state index contributed by atoms with van der Waals surface area (Å²) in [5.74, 6) is -0.0177. The van der Waals surface area contributed by atoms with Crippen molar-refractivity contribution in [1.82, 2.24) is 9.29 Å². The molecule has 0 aliphatic carbocycles. The first-order chi connectivity index (χ1) is 11.0. The molecule has 1 aromatic carbocycles. The topological polar surface area (TPSA) is 86.1 Å². The van der Waals surface area contributed by atoms with Gasteiger partial charge in [0.1, 0.15) is 6.07 Å². The van der Waals surface area contributed by atoms with Crippen LogP contribution in [-0.2, 0) is 10.0 Å². The number of rotatable bonds is 7. The fraction of sp³-hybridized carbons (Fsp3) is 0.375. The quantitative estimate of drug-likeness (QED) is 0.840. The average Bonchev–Trinajstić information content (AvgIpc) is 2.55. The molecule has 7 heteroatoms. The number of hydrogen-bond donors (Lipinski definition) is 1. The van der Waals surface area contributed by atoms with Gasteiger partial charge in [0.25, 0.3) is 0 Å². The van der Waals surface area contributed by atoms with Crippen molar-refractivity contribution in [2.24, 2.45) is 0 Å². The van der Waals surface area contributed by atoms with Crippen LogP contribution < -0.4 is 5.32 Å². The Labute approximate surface area is 136 Å². The largest absolute Gasteiger partial charge is 0.382 e. The lowest BCUT2D eigenvalue weighted by molar-refractivity contribution is 0.446. The highest BCUT2D eigenvalue weighted by Gasteiger charge is 2.18. The third kappa shape index (κ3) is 3.78. The molecule has 122 valence electrons. The van der Waals surface area contributed by atoms with Crippen molar-refractivity contribution < 1.29 is 8.42 Å². The zero-order valence-corrected chi connectivity index (χ0v) is 14.1. The Morgan fingerprint density at radius 3 is 2.61 bits per heavy atom. The van der Waals surface area contributed by atoms with Gasteiger partial charge in [-0.3, -0.25) is 4.98 Å². The molecule has 0 unspecified atom stereocenters. The standard InChI is InChI=1S/C16H20N4O2S/c1-3-20(4-2)23(21,22)10-9-18-16-13(11-17)12-19-15-8-6-5-7-14(15)16/h5-8,12H,3-4,9-10H2,1-2H3,(H,18,19). The molecule has 1 aromatic heterocycles. The Bertz CT molecular complexity index is 824. The van der Waals surface area contributed by atoms with Crippen LogP contribution in [0.15, 0.2) is 30.5 Å². The number of fused-ring (bicyclic) bond motifs is 1. The van der Waals surface area contributed by atoms with Crippen molar-refractivity contribution >= 4 is 26.6 Å². The summed E-state index contributed by atoms with van der Waals surface area (Å²) < 4.78 is 25.9. The van der Waals surface area contributed by atoms with Gasteiger partial charge < -0.3 is 5.32 Å². The third-order valence-corrected chi connectivity index (χ3v) is 5.68. The normalized spacial score (nSPS) is 11.6. The zero-order valence-electron chi connectivity index (χ0n) is 13.3. The lowest BCUT2D eigenvalue weighted by Gasteiger charge is -2.19. The lowest BCUT2D eigenvalue weighted by Crippen LogP contribution is -2.34. The van der Waals surface area contributed by atoms with Gasteiger partial charge in [0.2, 0.25) is 10.0 Å². The van der Waals surface area contributed by atoms with Gasteiger partial charge in [-0.25, -0.2) is 12.7 Å². The van der Waals surface area contributed by atoms with Crippen molar-refractivity contribution in [2.45, 2.75) is 13.8 Å². The van der Waals surface area contributed by atoms with E-state index in [0.717, 1.165) is 10.9 Å². The second kappa shape index (κ2) is 7.40. The maximum Gasteiger partial charge on any atom is 0.215 e. The molecule has 0 amide bonds. The van der Waals surface area contributed by atoms with E-state index in [-0.39, 0.29) is 12.3 Å². The summed E-state index contributed by atoms with van der Waals surface area (Å²) >= 11 is 0. The molecule has 0 saturated carbocycles. The van der Waals surface area contributed by atoms with E-state index in [9.17, 15) is 13.7 Å². The predicted octanol–water partition coefficient (Wildman–Crippen LogP) is 2.19. The van der Waals surface area contributed by atoms with Gasteiger partial charge in [0.05, 0.1) is 22.5 Å². The van der Waals surface area contributed by atoms with Gasteiger partial charge in [-0.1, -0.05) is 32.0 Å². The number of sulfonamides is 1. The lowest BCUT2D eigenvalue weighted by atomic mass is 10.1. The molecule has 0 atom stereocenters. The highest BCUT2D eigenvalue weighted by atomic mass is 32.2. The number of anilines is 1. The van der Waals surface area contributed by atoms with Crippen LogP contribution in [0.1, 0.15) is 19.4 Å². The molecular weight excluding hydrogens is 312 g/mol. The number of nitriles is 1. The van der Waals surface area contributed by atoms with Gasteiger partial charge in [0, 0.05) is 31.2 Å². The van der Waals surface area contributed by atoms with E-state index in [1.54, 1.807) is 0 Å². The van der Waals surface area contributed by atoms with Gasteiger partial charge in [-0.2, -0.15) is 5.26 Å². The van der Waals surface area contributed by atoms with Crippen molar-refractivity contribution in [3.63, 3.8) is 0 Å². The van der Waals surface area contributed by atoms with Gasteiger partial charge in [-0.05, 0) is 6.07 Å². The summed E-state index contributed by atoms with van der Waals surface area (Å²) in [7, 11) is -3.29. The summed E-state index contributed by atoms with van der Waals surface area (Å²) in [6, 6.07) is 9.55. The number of nitrogens with one attached hydrogen (secondary N) is 1. The molecule has 1 N–H and O–H groups in total. The summed E-state index contributed by atoms with van der Waals surface area (Å²) in [5.41, 5.74) is 1.80. The number of aromatic nitrogens is 1. The Morgan fingerprint density at radius 2 is 1.96 bits per heavy atom. The maximum absolute atomic E-state index is 12.2. The molecule has 2 aromatic rings. The minimum atomic E-state index is -3.29. The van der Waals surface area contributed by atoms with Crippen LogP contribution in [0.25, 0.3) is 10.9 Å². The SMILES string of the molecule is CCN(CC)S(=O)(=O)CCNc1c(C#N)cnc2ccccc12. The van der Waals surface area contributed by atoms with E-state index >= 15 is 0 Å². The summed E-state index contributed by atoms with van der Waals surface area (Å²) in [6.07, 6.45) is 1.50. The fourth-order valence-electron chi connectivity index (χ4n) is 2.47. The Kier molecular flexibility index (Phi) is 5.53. The number of benzene rings is 1. The van der Waals surface area contributed by atoms with Crippen LogP contribution in [-0.4, -0.2) is 43.1 Å². The van der Waals surface area contributed by atoms with E-state index in [4.69, 9.17) is 0 Å². The van der Waals surface area contributed by atoms with Crippen LogP contribution in [0.4, 0.5) is 5.69 Å². The molecule has 0 radical (unpaired) electrons. The van der Waals surface area contributed by atoms with Crippen LogP contribution in [0.2, 0.25) is 0 Å². The van der Waals surface area contributed by atoms with Crippen molar-refractivity contribution in [3.05, 3.63) is 36.0 Å². The summed E-state index contributed by atoms with van der Waals surface area (Å²) in [6.45, 7) is 4.79. The van der Waals surface area contributed by atoms with Crippen LogP contribution in [0, 0.1) is 11.3 Å². The van der Waals surface area contributed by atoms with E-state index in [2.05, 4.69) is 16.4 Å². The molecule has 6 nitrogen and oxygen atoms in total. The van der Waals surface area contributed by atoms with Crippen LogP contribution in [0.5, 0.6) is 0 Å². The number of nitrogens with zero attached hydrogens (tertiary/aromatic N) is 3. The predicted molar refractivity (Wildman–Crippen MR) is 91.7 cm³/mol. The molecule has 0 bridgehead atoms. The number of hydrogen-bond acceptors (Lipinski definition) is 5. The number of para-hydroxylation sites is 1. The van der Waals surface area contributed by atoms with Crippen molar-refractivity contribution in [3.8, 4) is 6.07 Å². The maximum atomic E-state index is 12.2. The van der Waals surface area contributed by atoms with Crippen LogP contribution in [0.3, 0.4) is 0 Å². The first-order valence-corrected chi connectivity index (χ1v) is 9.14. The smallest absolute Gasteiger partial charge is 0.215 e. The fourth-order valence-corrected chi connectivity index (χ4v) is 3.87. The average molecular weight is 332 g/mol. The molecule has 0 spiro atoms. The van der Waals surface area contributed by atoms with E-state index < -0.39 is 10.0 Å². The van der Waals surface area contributed by atoms with E-state index in [1.807, 2.05) is 38.1 Å². The Hall–Kier alpha value is -2.17. The van der Waals surface area contributed by atoms with Crippen molar-refractivity contribution in [2.75, 3.05) is 30.7 Å². The minimum absolute atomic E-state index is 0.0177. The monoisotopic (exact) mass is 332 g/mol. The second-order valence-electron chi connectivity index (χ2n) is 5.00. The first-order valence-electron chi connectivity index (χ1n) is 7.53. The van der Waals surface area contributed by atoms with Crippen LogP contribution >= 0.6 is 0 Å². The van der Waals surface area contributed by atoms with Gasteiger partial charge >= 0.3 is 0 Å². The Morgan fingerprint density at radius 1 is 1.26 bits per heavy atom.